The summed E-state index contributed by atoms with van der Waals surface area (Å²) in [7, 11) is 0. The normalized spacial score (nSPS) is 21.3. The summed E-state index contributed by atoms with van der Waals surface area (Å²) in [6, 6.07) is 11.6. The van der Waals surface area contributed by atoms with Crippen molar-refractivity contribution in [3.63, 3.8) is 0 Å². The molecular formula is C24H38IN7. The van der Waals surface area contributed by atoms with Gasteiger partial charge in [-0.1, -0.05) is 44.2 Å². The molecule has 2 aliphatic heterocycles. The van der Waals surface area contributed by atoms with Crippen LogP contribution < -0.4 is 10.6 Å². The van der Waals surface area contributed by atoms with Crippen LogP contribution in [0.1, 0.15) is 63.2 Å². The molecule has 0 radical (unpaired) electrons. The van der Waals surface area contributed by atoms with Crippen LogP contribution in [0.15, 0.2) is 35.3 Å². The maximum Gasteiger partial charge on any atom is 0.191 e. The lowest BCUT2D eigenvalue weighted by atomic mass is 10.1. The van der Waals surface area contributed by atoms with Crippen molar-refractivity contribution in [1.29, 1.82) is 0 Å². The molecule has 2 atom stereocenters. The van der Waals surface area contributed by atoms with Crippen LogP contribution in [0.4, 0.5) is 0 Å². The largest absolute Gasteiger partial charge is 0.357 e. The predicted molar refractivity (Wildman–Crippen MR) is 141 cm³/mol. The molecule has 8 heteroatoms. The second-order valence-electron chi connectivity index (χ2n) is 9.07. The summed E-state index contributed by atoms with van der Waals surface area (Å²) in [6.45, 7) is 11.1. The molecule has 2 aliphatic rings. The van der Waals surface area contributed by atoms with Crippen LogP contribution >= 0.6 is 24.0 Å². The number of benzene rings is 1. The van der Waals surface area contributed by atoms with E-state index in [0.29, 0.717) is 18.0 Å². The Hall–Kier alpha value is -1.68. The van der Waals surface area contributed by atoms with Crippen LogP contribution in [0.3, 0.4) is 0 Å². The van der Waals surface area contributed by atoms with Crippen LogP contribution in [-0.4, -0.2) is 57.3 Å². The summed E-state index contributed by atoms with van der Waals surface area (Å²) < 4.78 is 2.08. The number of nitrogens with one attached hydrogen (secondary N) is 2. The minimum Gasteiger partial charge on any atom is -0.357 e. The highest BCUT2D eigenvalue weighted by Gasteiger charge is 2.25. The van der Waals surface area contributed by atoms with Gasteiger partial charge in [0.05, 0.1) is 13.1 Å². The van der Waals surface area contributed by atoms with Crippen molar-refractivity contribution in [3.05, 3.63) is 47.5 Å². The van der Waals surface area contributed by atoms with Crippen molar-refractivity contribution in [2.75, 3.05) is 19.6 Å². The molecular weight excluding hydrogens is 513 g/mol. The molecule has 32 heavy (non-hydrogen) atoms. The highest BCUT2D eigenvalue weighted by Crippen LogP contribution is 2.21. The Morgan fingerprint density at radius 3 is 2.78 bits per heavy atom. The predicted octanol–water partition coefficient (Wildman–Crippen LogP) is 3.55. The Bertz CT molecular complexity index is 864. The van der Waals surface area contributed by atoms with Gasteiger partial charge in [0.15, 0.2) is 11.8 Å². The maximum atomic E-state index is 4.98. The van der Waals surface area contributed by atoms with Crippen LogP contribution in [0.5, 0.6) is 0 Å². The molecule has 1 aromatic carbocycles. The minimum absolute atomic E-state index is 0. The number of aryl methyl sites for hydroxylation is 1. The Morgan fingerprint density at radius 1 is 1.22 bits per heavy atom. The zero-order valence-corrected chi connectivity index (χ0v) is 22.0. The molecule has 2 aromatic rings. The van der Waals surface area contributed by atoms with Crippen molar-refractivity contribution in [3.8, 4) is 0 Å². The number of aliphatic imine (C=N–C) groups is 1. The Kier molecular flexibility index (Phi) is 9.34. The van der Waals surface area contributed by atoms with E-state index in [1.807, 2.05) is 0 Å². The third-order valence-corrected chi connectivity index (χ3v) is 6.26. The van der Waals surface area contributed by atoms with Gasteiger partial charge in [-0.2, -0.15) is 5.10 Å². The molecule has 1 aromatic heterocycles. The third kappa shape index (κ3) is 6.43. The lowest BCUT2D eigenvalue weighted by Gasteiger charge is -2.26. The fourth-order valence-corrected chi connectivity index (χ4v) is 4.53. The molecule has 0 saturated carbocycles. The standard InChI is InChI=1S/C24H37N7.HI/c1-4-25-24(27-20-12-13-22-28-23(18(2)3)29-31(22)17-20)26-15-21-11-8-14-30(21)16-19-9-6-5-7-10-19;/h5-7,9-10,18,20-21H,4,8,11-17H2,1-3H3,(H2,25,26,27);1H. The quantitative estimate of drug-likeness (QED) is 0.313. The van der Waals surface area contributed by atoms with Gasteiger partial charge in [-0.15, -0.1) is 24.0 Å². The highest BCUT2D eigenvalue weighted by atomic mass is 127. The van der Waals surface area contributed by atoms with Gasteiger partial charge in [-0.25, -0.2) is 9.67 Å². The molecule has 7 nitrogen and oxygen atoms in total. The average Bonchev–Trinajstić information content (AvgIpc) is 3.39. The third-order valence-electron chi connectivity index (χ3n) is 6.26. The molecule has 0 aliphatic carbocycles. The van der Waals surface area contributed by atoms with E-state index in [1.165, 1.54) is 18.4 Å². The fourth-order valence-electron chi connectivity index (χ4n) is 4.53. The number of likely N-dealkylation sites (tertiary alicyclic amines) is 1. The van der Waals surface area contributed by atoms with E-state index < -0.39 is 0 Å². The number of guanidine groups is 1. The van der Waals surface area contributed by atoms with Crippen LogP contribution in [0, 0.1) is 0 Å². The minimum atomic E-state index is 0. The van der Waals surface area contributed by atoms with E-state index in [4.69, 9.17) is 15.1 Å². The number of nitrogens with zero attached hydrogens (tertiary/aromatic N) is 5. The molecule has 0 bridgehead atoms. The first-order chi connectivity index (χ1) is 15.1. The van der Waals surface area contributed by atoms with Crippen LogP contribution in [0.25, 0.3) is 0 Å². The molecule has 0 spiro atoms. The second kappa shape index (κ2) is 12.0. The summed E-state index contributed by atoms with van der Waals surface area (Å²) in [5.74, 6) is 3.36. The number of fused-ring (bicyclic) bond motifs is 1. The van der Waals surface area contributed by atoms with Gasteiger partial charge in [0, 0.05) is 37.5 Å². The van der Waals surface area contributed by atoms with Crippen molar-refractivity contribution in [2.45, 2.75) is 77.5 Å². The molecule has 2 N–H and O–H groups in total. The monoisotopic (exact) mass is 551 g/mol. The number of aromatic nitrogens is 3. The van der Waals surface area contributed by atoms with Crippen LogP contribution in [0.2, 0.25) is 0 Å². The zero-order chi connectivity index (χ0) is 21.6. The van der Waals surface area contributed by atoms with Crippen molar-refractivity contribution < 1.29 is 0 Å². The average molecular weight is 552 g/mol. The smallest absolute Gasteiger partial charge is 0.191 e. The molecule has 3 heterocycles. The number of halogens is 1. The molecule has 0 amide bonds. The van der Waals surface area contributed by atoms with Gasteiger partial charge in [0.1, 0.15) is 5.82 Å². The fraction of sp³-hybridized carbons (Fsp3) is 0.625. The topological polar surface area (TPSA) is 70.4 Å². The van der Waals surface area contributed by atoms with E-state index in [1.54, 1.807) is 0 Å². The number of hydrogen-bond donors (Lipinski definition) is 2. The summed E-state index contributed by atoms with van der Waals surface area (Å²) in [6.07, 6.45) is 4.50. The van der Waals surface area contributed by atoms with Gasteiger partial charge in [-0.05, 0) is 38.3 Å². The van der Waals surface area contributed by atoms with E-state index in [0.717, 1.165) is 63.2 Å². The van der Waals surface area contributed by atoms with E-state index >= 15 is 0 Å². The molecule has 4 rings (SSSR count). The van der Waals surface area contributed by atoms with E-state index in [2.05, 4.69) is 71.3 Å². The lowest BCUT2D eigenvalue weighted by Crippen LogP contribution is -2.47. The van der Waals surface area contributed by atoms with Gasteiger partial charge < -0.3 is 10.6 Å². The van der Waals surface area contributed by atoms with Gasteiger partial charge in [0.2, 0.25) is 0 Å². The molecule has 1 fully saturated rings. The summed E-state index contributed by atoms with van der Waals surface area (Å²) >= 11 is 0. The molecule has 2 unspecified atom stereocenters. The number of rotatable bonds is 7. The summed E-state index contributed by atoms with van der Waals surface area (Å²) in [5.41, 5.74) is 1.38. The second-order valence-corrected chi connectivity index (χ2v) is 9.07. The zero-order valence-electron chi connectivity index (χ0n) is 19.6. The van der Waals surface area contributed by atoms with Crippen molar-refractivity contribution in [2.24, 2.45) is 4.99 Å². The molecule has 1 saturated heterocycles. The van der Waals surface area contributed by atoms with Crippen molar-refractivity contribution >= 4 is 29.9 Å². The summed E-state index contributed by atoms with van der Waals surface area (Å²) in [5, 5.41) is 11.8. The van der Waals surface area contributed by atoms with Gasteiger partial charge >= 0.3 is 0 Å². The maximum absolute atomic E-state index is 4.98. The molecule has 176 valence electrons. The first-order valence-corrected chi connectivity index (χ1v) is 11.9. The van der Waals surface area contributed by atoms with Crippen molar-refractivity contribution in [1.82, 2.24) is 30.3 Å². The van der Waals surface area contributed by atoms with Gasteiger partial charge in [-0.3, -0.25) is 9.89 Å². The first-order valence-electron chi connectivity index (χ1n) is 11.9. The Balaban J connectivity index is 0.00000289. The highest BCUT2D eigenvalue weighted by molar-refractivity contribution is 14.0. The van der Waals surface area contributed by atoms with E-state index in [9.17, 15) is 0 Å². The lowest BCUT2D eigenvalue weighted by molar-refractivity contribution is 0.250. The van der Waals surface area contributed by atoms with Crippen LogP contribution in [-0.2, 0) is 19.5 Å². The Morgan fingerprint density at radius 2 is 2.03 bits per heavy atom. The Labute approximate surface area is 209 Å². The number of hydrogen-bond acceptors (Lipinski definition) is 4. The van der Waals surface area contributed by atoms with E-state index in [-0.39, 0.29) is 24.0 Å². The first kappa shape index (κ1) is 25.0. The summed E-state index contributed by atoms with van der Waals surface area (Å²) in [4.78, 5) is 12.3. The van der Waals surface area contributed by atoms with Gasteiger partial charge in [0.25, 0.3) is 0 Å². The SMILES string of the molecule is CCNC(=NCC1CCCN1Cc1ccccc1)NC1CCc2nc(C(C)C)nn2C1.I.